The van der Waals surface area contributed by atoms with Gasteiger partial charge in [0, 0.05) is 48.3 Å². The molecule has 4 aromatic carbocycles. The van der Waals surface area contributed by atoms with Crippen molar-refractivity contribution in [3.8, 4) is 39.7 Å². The van der Waals surface area contributed by atoms with Crippen LogP contribution in [0, 0.1) is 17.5 Å². The van der Waals surface area contributed by atoms with Gasteiger partial charge in [-0.15, -0.1) is 0 Å². The van der Waals surface area contributed by atoms with Crippen LogP contribution in [-0.2, 0) is 19.5 Å². The SMILES string of the molecule is CNC(=O)c1c(-c2ccc(F)cc2)oc2cc(N(CCC3COC(C)(C)O3)S(C)(=O)=O)c(-c3ccc(OC)c(-c4nc5c(F)cc(F)cc5o4)c3)cc12. The number of amides is 1. The molecule has 1 atom stereocenters. The molecular weight excluding hydrogens is 715 g/mol. The van der Waals surface area contributed by atoms with Gasteiger partial charge in [0.15, 0.2) is 17.2 Å². The predicted octanol–water partition coefficient (Wildman–Crippen LogP) is 7.67. The summed E-state index contributed by atoms with van der Waals surface area (Å²) in [5.41, 5.74) is 1.64. The lowest BCUT2D eigenvalue weighted by Gasteiger charge is -2.26. The van der Waals surface area contributed by atoms with Crippen molar-refractivity contribution >= 4 is 43.7 Å². The number of fused-ring (bicyclic) bond motifs is 2. The molecule has 1 amide bonds. The highest BCUT2D eigenvalue weighted by molar-refractivity contribution is 7.92. The molecule has 0 saturated carbocycles. The van der Waals surface area contributed by atoms with Crippen LogP contribution in [0.1, 0.15) is 30.6 Å². The Hall–Kier alpha value is -5.38. The molecule has 3 heterocycles. The monoisotopic (exact) mass is 749 g/mol. The molecule has 0 aliphatic carbocycles. The number of hydrogen-bond donors (Lipinski definition) is 1. The van der Waals surface area contributed by atoms with E-state index in [1.807, 2.05) is 0 Å². The number of ether oxygens (including phenoxy) is 3. The molecule has 15 heteroatoms. The predicted molar refractivity (Wildman–Crippen MR) is 192 cm³/mol. The van der Waals surface area contributed by atoms with Crippen molar-refractivity contribution in [2.75, 3.05) is 37.9 Å². The number of nitrogens with one attached hydrogen (secondary N) is 1. The smallest absolute Gasteiger partial charge is 0.255 e. The third-order valence-electron chi connectivity index (χ3n) is 8.91. The first kappa shape index (κ1) is 36.0. The molecule has 6 aromatic rings. The lowest BCUT2D eigenvalue weighted by molar-refractivity contribution is -0.138. The number of furan rings is 1. The maximum atomic E-state index is 14.7. The normalized spacial score (nSPS) is 15.7. The van der Waals surface area contributed by atoms with E-state index in [0.717, 1.165) is 12.3 Å². The molecule has 11 nitrogen and oxygen atoms in total. The van der Waals surface area contributed by atoms with E-state index in [4.69, 9.17) is 23.0 Å². The Bertz CT molecular complexity index is 2500. The molecule has 0 spiro atoms. The van der Waals surface area contributed by atoms with Gasteiger partial charge in [0.1, 0.15) is 34.2 Å². The number of carbonyl (C=O) groups is 1. The maximum absolute atomic E-state index is 14.7. The summed E-state index contributed by atoms with van der Waals surface area (Å²) < 4.78 is 100. The van der Waals surface area contributed by atoms with E-state index in [-0.39, 0.29) is 70.5 Å². The third-order valence-corrected chi connectivity index (χ3v) is 10.1. The lowest BCUT2D eigenvalue weighted by Crippen LogP contribution is -2.34. The average Bonchev–Trinajstić information content (AvgIpc) is 3.81. The van der Waals surface area contributed by atoms with Gasteiger partial charge in [-0.1, -0.05) is 6.07 Å². The van der Waals surface area contributed by atoms with Gasteiger partial charge in [0.05, 0.1) is 42.9 Å². The van der Waals surface area contributed by atoms with Crippen molar-refractivity contribution in [2.45, 2.75) is 32.2 Å². The fourth-order valence-electron chi connectivity index (χ4n) is 6.47. The summed E-state index contributed by atoms with van der Waals surface area (Å²) in [6.07, 6.45) is 0.951. The summed E-state index contributed by atoms with van der Waals surface area (Å²) >= 11 is 0. The summed E-state index contributed by atoms with van der Waals surface area (Å²) in [5, 5.41) is 2.96. The molecule has 0 radical (unpaired) electrons. The van der Waals surface area contributed by atoms with Crippen LogP contribution >= 0.6 is 0 Å². The van der Waals surface area contributed by atoms with Crippen LogP contribution in [0.5, 0.6) is 5.75 Å². The zero-order valence-corrected chi connectivity index (χ0v) is 30.1. The van der Waals surface area contributed by atoms with Crippen molar-refractivity contribution in [3.05, 3.63) is 89.7 Å². The van der Waals surface area contributed by atoms with Crippen molar-refractivity contribution in [1.29, 1.82) is 0 Å². The van der Waals surface area contributed by atoms with E-state index < -0.39 is 45.3 Å². The van der Waals surface area contributed by atoms with Gasteiger partial charge in [-0.2, -0.15) is 0 Å². The molecule has 1 aliphatic rings. The molecule has 1 aliphatic heterocycles. The molecule has 1 fully saturated rings. The van der Waals surface area contributed by atoms with Gasteiger partial charge in [0.25, 0.3) is 5.91 Å². The fraction of sp³-hybridized carbons (Fsp3) is 0.263. The van der Waals surface area contributed by atoms with E-state index >= 15 is 0 Å². The molecule has 1 saturated heterocycles. The van der Waals surface area contributed by atoms with Gasteiger partial charge < -0.3 is 28.4 Å². The Labute approximate surface area is 302 Å². The molecule has 53 heavy (non-hydrogen) atoms. The Balaban J connectivity index is 1.46. The van der Waals surface area contributed by atoms with Gasteiger partial charge in [0.2, 0.25) is 15.9 Å². The maximum Gasteiger partial charge on any atom is 0.255 e. The number of oxazole rings is 1. The second-order valence-corrected chi connectivity index (χ2v) is 14.9. The summed E-state index contributed by atoms with van der Waals surface area (Å²) in [6.45, 7) is 3.79. The van der Waals surface area contributed by atoms with Crippen LogP contribution in [0.3, 0.4) is 0 Å². The molecule has 276 valence electrons. The highest BCUT2D eigenvalue weighted by atomic mass is 32.2. The lowest BCUT2D eigenvalue weighted by atomic mass is 9.96. The Kier molecular flexibility index (Phi) is 9.20. The van der Waals surface area contributed by atoms with Crippen LogP contribution in [0.4, 0.5) is 18.9 Å². The number of sulfonamides is 1. The van der Waals surface area contributed by atoms with Gasteiger partial charge in [-0.3, -0.25) is 9.10 Å². The zero-order chi connectivity index (χ0) is 37.8. The number of carbonyl (C=O) groups excluding carboxylic acids is 1. The summed E-state index contributed by atoms with van der Waals surface area (Å²) in [5.74, 6) is -3.24. The average molecular weight is 750 g/mol. The summed E-state index contributed by atoms with van der Waals surface area (Å²) in [4.78, 5) is 17.7. The second-order valence-electron chi connectivity index (χ2n) is 13.0. The van der Waals surface area contributed by atoms with E-state index in [0.29, 0.717) is 28.1 Å². The number of benzene rings is 4. The van der Waals surface area contributed by atoms with Crippen molar-refractivity contribution in [3.63, 3.8) is 0 Å². The number of aromatic nitrogens is 1. The first-order valence-corrected chi connectivity index (χ1v) is 18.3. The first-order chi connectivity index (χ1) is 25.2. The largest absolute Gasteiger partial charge is 0.496 e. The van der Waals surface area contributed by atoms with Crippen LogP contribution in [0.25, 0.3) is 56.0 Å². The van der Waals surface area contributed by atoms with Gasteiger partial charge in [-0.25, -0.2) is 26.6 Å². The van der Waals surface area contributed by atoms with E-state index in [1.54, 1.807) is 38.1 Å². The number of nitrogens with zero attached hydrogens (tertiary/aromatic N) is 2. The Morgan fingerprint density at radius 2 is 1.70 bits per heavy atom. The van der Waals surface area contributed by atoms with Crippen LogP contribution in [0.15, 0.2) is 75.6 Å². The number of anilines is 1. The quantitative estimate of drug-likeness (QED) is 0.150. The molecule has 7 rings (SSSR count). The number of hydrogen-bond acceptors (Lipinski definition) is 9. The molecular formula is C38H34F3N3O8S. The molecule has 2 aromatic heterocycles. The summed E-state index contributed by atoms with van der Waals surface area (Å²) in [6, 6.07) is 15.2. The molecule has 1 N–H and O–H groups in total. The zero-order valence-electron chi connectivity index (χ0n) is 29.3. The minimum Gasteiger partial charge on any atom is -0.496 e. The second kappa shape index (κ2) is 13.5. The van der Waals surface area contributed by atoms with Crippen LogP contribution in [0.2, 0.25) is 0 Å². The third kappa shape index (κ3) is 6.94. The minimum atomic E-state index is -3.98. The molecule has 0 bridgehead atoms. The van der Waals surface area contributed by atoms with Gasteiger partial charge in [-0.05, 0) is 68.3 Å². The highest BCUT2D eigenvalue weighted by Crippen LogP contribution is 2.44. The van der Waals surface area contributed by atoms with Crippen molar-refractivity contribution in [2.24, 2.45) is 0 Å². The van der Waals surface area contributed by atoms with Crippen molar-refractivity contribution < 1.29 is 49.4 Å². The van der Waals surface area contributed by atoms with Crippen LogP contribution < -0.4 is 14.4 Å². The highest BCUT2D eigenvalue weighted by Gasteiger charge is 2.34. The Morgan fingerprint density at radius 1 is 0.962 bits per heavy atom. The fourth-order valence-corrected chi connectivity index (χ4v) is 7.42. The number of halogens is 3. The van der Waals surface area contributed by atoms with Crippen molar-refractivity contribution in [1.82, 2.24) is 10.3 Å². The minimum absolute atomic E-state index is 0.0196. The van der Waals surface area contributed by atoms with E-state index in [2.05, 4.69) is 10.3 Å². The number of rotatable bonds is 10. The van der Waals surface area contributed by atoms with E-state index in [9.17, 15) is 26.4 Å². The summed E-state index contributed by atoms with van der Waals surface area (Å²) in [7, 11) is -1.11. The Morgan fingerprint density at radius 3 is 2.36 bits per heavy atom. The van der Waals surface area contributed by atoms with E-state index in [1.165, 1.54) is 48.8 Å². The van der Waals surface area contributed by atoms with Crippen LogP contribution in [-0.4, -0.2) is 64.8 Å². The number of methoxy groups -OCH3 is 1. The molecule has 1 unspecified atom stereocenters. The topological polar surface area (TPSA) is 133 Å². The standard InChI is InChI=1S/C38H34F3N3O8S/c1-38(2)49-19-24(52-38)12-13-44(53(5,46)47)29-18-31-26(33(36(45)42-3)35(50-31)20-6-9-22(39)10-7-20)17-25(29)21-8-11-30(48-4)27(14-21)37-43-34-28(41)15-23(40)16-32(34)51-37/h6-11,14-18,24H,12-13,19H2,1-5H3,(H,42,45). The first-order valence-electron chi connectivity index (χ1n) is 16.5. The van der Waals surface area contributed by atoms with Gasteiger partial charge >= 0.3 is 0 Å².